The van der Waals surface area contributed by atoms with Crippen LogP contribution in [0.1, 0.15) is 20.4 Å². The molecule has 1 aliphatic rings. The smallest absolute Gasteiger partial charge is 0.365 e. The molecular formula is C10H12F2N2O2S. The van der Waals surface area contributed by atoms with Crippen LogP contribution in [0, 0.1) is 0 Å². The molecule has 17 heavy (non-hydrogen) atoms. The van der Waals surface area contributed by atoms with E-state index in [-0.39, 0.29) is 5.01 Å². The summed E-state index contributed by atoms with van der Waals surface area (Å²) in [6.45, 7) is -0.542. The molecule has 2 heterocycles. The predicted octanol–water partition coefficient (Wildman–Crippen LogP) is 1.51. The van der Waals surface area contributed by atoms with E-state index < -0.39 is 25.4 Å². The zero-order valence-electron chi connectivity index (χ0n) is 9.03. The molecule has 0 saturated heterocycles. The molecule has 0 bridgehead atoms. The zero-order chi connectivity index (χ0) is 12.4. The van der Waals surface area contributed by atoms with Gasteiger partial charge in [0, 0.05) is 24.4 Å². The van der Waals surface area contributed by atoms with Gasteiger partial charge in [0.1, 0.15) is 13.3 Å². The van der Waals surface area contributed by atoms with E-state index in [2.05, 4.69) is 4.98 Å². The summed E-state index contributed by atoms with van der Waals surface area (Å²) in [5, 5.41) is 8.87. The topological polar surface area (TPSA) is 53.4 Å². The monoisotopic (exact) mass is 262 g/mol. The second kappa shape index (κ2) is 5.05. The van der Waals surface area contributed by atoms with Crippen LogP contribution in [0.4, 0.5) is 8.78 Å². The number of hydrogen-bond donors (Lipinski definition) is 1. The number of hydrogen-bond acceptors (Lipinski definition) is 4. The van der Waals surface area contributed by atoms with Crippen LogP contribution in [0.5, 0.6) is 0 Å². The van der Waals surface area contributed by atoms with Gasteiger partial charge in [0.2, 0.25) is 5.01 Å². The fourth-order valence-corrected chi connectivity index (χ4v) is 2.83. The number of aromatic nitrogens is 1. The number of alkyl halides is 2. The molecule has 0 atom stereocenters. The number of carbonyl (C=O) groups is 1. The van der Waals surface area contributed by atoms with E-state index in [9.17, 15) is 13.6 Å². The Morgan fingerprint density at radius 2 is 2.24 bits per heavy atom. The van der Waals surface area contributed by atoms with Gasteiger partial charge in [-0.15, -0.1) is 11.3 Å². The lowest BCUT2D eigenvalue weighted by molar-refractivity contribution is 0.0696. The van der Waals surface area contributed by atoms with E-state index in [0.29, 0.717) is 19.5 Å². The van der Waals surface area contributed by atoms with Crippen molar-refractivity contribution >= 4 is 17.3 Å². The van der Waals surface area contributed by atoms with E-state index in [1.54, 1.807) is 4.90 Å². The maximum atomic E-state index is 12.6. The molecule has 1 aromatic rings. The number of aromatic carboxylic acids is 1. The molecule has 0 aromatic carbocycles. The maximum absolute atomic E-state index is 12.6. The second-order valence-electron chi connectivity index (χ2n) is 3.88. The van der Waals surface area contributed by atoms with Crippen LogP contribution in [0.25, 0.3) is 0 Å². The van der Waals surface area contributed by atoms with Crippen molar-refractivity contribution in [1.29, 1.82) is 0 Å². The summed E-state index contributed by atoms with van der Waals surface area (Å²) in [4.78, 5) is 17.3. The Morgan fingerprint density at radius 1 is 1.53 bits per heavy atom. The fraction of sp³-hybridized carbons (Fsp3) is 0.600. The third-order valence-electron chi connectivity index (χ3n) is 2.82. The van der Waals surface area contributed by atoms with Crippen LogP contribution in [-0.4, -0.2) is 46.9 Å². The van der Waals surface area contributed by atoms with Crippen LogP contribution < -0.4 is 0 Å². The number of fused-ring (bicyclic) bond motifs is 1. The lowest BCUT2D eigenvalue weighted by Crippen LogP contribution is -2.41. The average Bonchev–Trinajstić information content (AvgIpc) is 2.74. The first kappa shape index (κ1) is 12.4. The molecule has 7 heteroatoms. The molecule has 0 fully saturated rings. The second-order valence-corrected chi connectivity index (χ2v) is 4.96. The number of halogens is 2. The first-order chi connectivity index (χ1) is 8.15. The lowest BCUT2D eigenvalue weighted by atomic mass is 10.1. The minimum atomic E-state index is -1.05. The highest BCUT2D eigenvalue weighted by Crippen LogP contribution is 2.26. The van der Waals surface area contributed by atoms with Gasteiger partial charge in [0.15, 0.2) is 0 Å². The molecule has 0 spiro atoms. The van der Waals surface area contributed by atoms with Gasteiger partial charge in [0.05, 0.1) is 11.7 Å². The summed E-state index contributed by atoms with van der Waals surface area (Å²) < 4.78 is 25.1. The van der Waals surface area contributed by atoms with Crippen LogP contribution in [0.2, 0.25) is 0 Å². The first-order valence-corrected chi connectivity index (χ1v) is 6.05. The van der Waals surface area contributed by atoms with Gasteiger partial charge >= 0.3 is 5.97 Å². The van der Waals surface area contributed by atoms with Crippen molar-refractivity contribution in [2.24, 2.45) is 0 Å². The summed E-state index contributed by atoms with van der Waals surface area (Å²) in [6.07, 6.45) is 0.551. The van der Waals surface area contributed by atoms with Crippen molar-refractivity contribution < 1.29 is 18.7 Å². The van der Waals surface area contributed by atoms with Crippen molar-refractivity contribution in [3.8, 4) is 0 Å². The highest BCUT2D eigenvalue weighted by Gasteiger charge is 2.27. The summed E-state index contributed by atoms with van der Waals surface area (Å²) in [7, 11) is 0. The zero-order valence-corrected chi connectivity index (χ0v) is 9.84. The molecule has 0 saturated carbocycles. The van der Waals surface area contributed by atoms with E-state index in [0.717, 1.165) is 21.9 Å². The van der Waals surface area contributed by atoms with E-state index in [4.69, 9.17) is 5.11 Å². The largest absolute Gasteiger partial charge is 0.476 e. The third kappa shape index (κ3) is 2.44. The molecule has 0 amide bonds. The Hall–Kier alpha value is -1.08. The van der Waals surface area contributed by atoms with Crippen LogP contribution >= 0.6 is 11.3 Å². The lowest BCUT2D eigenvalue weighted by Gasteiger charge is -2.30. The van der Waals surface area contributed by atoms with Crippen molar-refractivity contribution in [2.75, 3.05) is 19.9 Å². The Balaban J connectivity index is 2.15. The van der Waals surface area contributed by atoms with Gasteiger partial charge < -0.3 is 5.11 Å². The number of carboxylic acid groups (broad SMARTS) is 1. The van der Waals surface area contributed by atoms with E-state index in [1.807, 2.05) is 0 Å². The number of thiazole rings is 1. The maximum Gasteiger partial charge on any atom is 0.365 e. The summed E-state index contributed by atoms with van der Waals surface area (Å²) >= 11 is 1.09. The van der Waals surface area contributed by atoms with Crippen molar-refractivity contribution in [3.05, 3.63) is 15.6 Å². The summed E-state index contributed by atoms with van der Waals surface area (Å²) in [6, 6.07) is -0.724. The van der Waals surface area contributed by atoms with Gasteiger partial charge in [-0.2, -0.15) is 0 Å². The standard InChI is InChI=1S/C10H12F2N2O2S/c11-3-6(4-12)14-2-1-7-8(5-14)17-9(13-7)10(15)16/h6H,1-5H2,(H,15,16). The van der Waals surface area contributed by atoms with Gasteiger partial charge in [0.25, 0.3) is 0 Å². The van der Waals surface area contributed by atoms with Crippen molar-refractivity contribution in [1.82, 2.24) is 9.88 Å². The highest BCUT2D eigenvalue weighted by atomic mass is 32.1. The van der Waals surface area contributed by atoms with Crippen LogP contribution in [-0.2, 0) is 13.0 Å². The quantitative estimate of drug-likeness (QED) is 0.893. The minimum absolute atomic E-state index is 0.0499. The van der Waals surface area contributed by atoms with Gasteiger partial charge in [-0.05, 0) is 0 Å². The Kier molecular flexibility index (Phi) is 3.68. The molecular weight excluding hydrogens is 250 g/mol. The molecule has 0 aliphatic carbocycles. The van der Waals surface area contributed by atoms with Crippen molar-refractivity contribution in [3.63, 3.8) is 0 Å². The van der Waals surface area contributed by atoms with E-state index >= 15 is 0 Å². The molecule has 94 valence electrons. The molecule has 1 N–H and O–H groups in total. The van der Waals surface area contributed by atoms with Gasteiger partial charge in [-0.1, -0.05) is 0 Å². The van der Waals surface area contributed by atoms with E-state index in [1.165, 1.54) is 0 Å². The normalized spacial score (nSPS) is 16.2. The Morgan fingerprint density at radius 3 is 2.82 bits per heavy atom. The first-order valence-electron chi connectivity index (χ1n) is 5.23. The van der Waals surface area contributed by atoms with Crippen LogP contribution in [0.15, 0.2) is 0 Å². The van der Waals surface area contributed by atoms with Gasteiger partial charge in [-0.25, -0.2) is 18.6 Å². The summed E-state index contributed by atoms with van der Waals surface area (Å²) in [5.74, 6) is -1.05. The summed E-state index contributed by atoms with van der Waals surface area (Å²) in [5.41, 5.74) is 0.750. The fourth-order valence-electron chi connectivity index (χ4n) is 1.85. The third-order valence-corrected chi connectivity index (χ3v) is 3.89. The Labute approximate surface area is 101 Å². The van der Waals surface area contributed by atoms with Gasteiger partial charge in [-0.3, -0.25) is 4.90 Å². The molecule has 0 unspecified atom stereocenters. The molecule has 4 nitrogen and oxygen atoms in total. The average molecular weight is 262 g/mol. The Bertz CT molecular complexity index is 420. The molecule has 1 aliphatic heterocycles. The van der Waals surface area contributed by atoms with Crippen molar-refractivity contribution in [2.45, 2.75) is 19.0 Å². The minimum Gasteiger partial charge on any atom is -0.476 e. The SMILES string of the molecule is O=C(O)c1nc2c(s1)CN(C(CF)CF)CC2. The molecule has 1 aromatic heterocycles. The highest BCUT2D eigenvalue weighted by molar-refractivity contribution is 7.13. The number of rotatable bonds is 4. The number of carboxylic acids is 1. The molecule has 2 rings (SSSR count). The predicted molar refractivity (Wildman–Crippen MR) is 58.9 cm³/mol. The van der Waals surface area contributed by atoms with Crippen LogP contribution in [0.3, 0.4) is 0 Å². The molecule has 0 radical (unpaired) electrons. The number of nitrogens with zero attached hydrogens (tertiary/aromatic N) is 2.